The van der Waals surface area contributed by atoms with Crippen molar-refractivity contribution in [3.05, 3.63) is 29.3 Å². The van der Waals surface area contributed by atoms with Gasteiger partial charge in [-0.15, -0.1) is 0 Å². The molecule has 0 spiro atoms. The number of benzene rings is 1. The summed E-state index contributed by atoms with van der Waals surface area (Å²) in [5.74, 6) is -1.15. The minimum Gasteiger partial charge on any atom is -0.481 e. The van der Waals surface area contributed by atoms with Crippen LogP contribution in [0.2, 0.25) is 0 Å². The van der Waals surface area contributed by atoms with Gasteiger partial charge in [0.05, 0.1) is 0 Å². The lowest BCUT2D eigenvalue weighted by Crippen LogP contribution is -2.23. The van der Waals surface area contributed by atoms with E-state index in [2.05, 4.69) is 5.32 Å². The van der Waals surface area contributed by atoms with Gasteiger partial charge in [0.1, 0.15) is 0 Å². The van der Waals surface area contributed by atoms with E-state index in [1.165, 1.54) is 4.90 Å². The van der Waals surface area contributed by atoms with Crippen molar-refractivity contribution in [2.45, 2.75) is 32.6 Å². The zero-order valence-electron chi connectivity index (χ0n) is 13.2. The van der Waals surface area contributed by atoms with Crippen molar-refractivity contribution >= 4 is 23.5 Å². The third kappa shape index (κ3) is 5.55. The van der Waals surface area contributed by atoms with Gasteiger partial charge in [-0.3, -0.25) is 14.4 Å². The lowest BCUT2D eigenvalue weighted by atomic mass is 10.1. The maximum Gasteiger partial charge on any atom is 0.303 e. The van der Waals surface area contributed by atoms with E-state index in [4.69, 9.17) is 5.11 Å². The fraction of sp³-hybridized carbons (Fsp3) is 0.438. The smallest absolute Gasteiger partial charge is 0.303 e. The molecule has 2 N–H and O–H groups in total. The Balaban J connectivity index is 2.62. The standard InChI is InChI=1S/C16H22N2O4/c1-11-8-9-12(10-13(11)16(22)18(2)3)17-14(19)6-4-5-7-15(20)21/h8-10H,4-7H2,1-3H3,(H,17,19)(H,20,21). The third-order valence-electron chi connectivity index (χ3n) is 3.20. The number of hydrogen-bond donors (Lipinski definition) is 2. The first-order valence-corrected chi connectivity index (χ1v) is 7.15. The van der Waals surface area contributed by atoms with Gasteiger partial charge in [0.15, 0.2) is 0 Å². The minimum absolute atomic E-state index is 0.0687. The zero-order valence-corrected chi connectivity index (χ0v) is 13.2. The van der Waals surface area contributed by atoms with Gasteiger partial charge in [-0.25, -0.2) is 0 Å². The SMILES string of the molecule is Cc1ccc(NC(=O)CCCCC(=O)O)cc1C(=O)N(C)C. The molecule has 0 fully saturated rings. The Morgan fingerprint density at radius 1 is 1.14 bits per heavy atom. The van der Waals surface area contributed by atoms with Gasteiger partial charge in [-0.2, -0.15) is 0 Å². The Morgan fingerprint density at radius 2 is 1.77 bits per heavy atom. The molecule has 0 aliphatic rings. The molecule has 2 amide bonds. The van der Waals surface area contributed by atoms with Gasteiger partial charge < -0.3 is 15.3 Å². The molecule has 1 rings (SSSR count). The highest BCUT2D eigenvalue weighted by atomic mass is 16.4. The van der Waals surface area contributed by atoms with Crippen LogP contribution in [0.3, 0.4) is 0 Å². The van der Waals surface area contributed by atoms with Crippen molar-refractivity contribution in [2.75, 3.05) is 19.4 Å². The summed E-state index contributed by atoms with van der Waals surface area (Å²) in [6, 6.07) is 5.19. The van der Waals surface area contributed by atoms with Gasteiger partial charge in [-0.05, 0) is 37.5 Å². The molecule has 0 radical (unpaired) electrons. The van der Waals surface area contributed by atoms with Crippen molar-refractivity contribution in [1.82, 2.24) is 4.90 Å². The fourth-order valence-corrected chi connectivity index (χ4v) is 1.96. The molecule has 0 aromatic heterocycles. The number of aliphatic carboxylic acids is 1. The Bertz CT molecular complexity index is 567. The van der Waals surface area contributed by atoms with Gasteiger partial charge >= 0.3 is 5.97 Å². The molecular formula is C16H22N2O4. The maximum atomic E-state index is 12.0. The maximum absolute atomic E-state index is 12.0. The second kappa shape index (κ2) is 8.17. The monoisotopic (exact) mass is 306 g/mol. The number of hydrogen-bond acceptors (Lipinski definition) is 3. The molecule has 1 aromatic rings. The van der Waals surface area contributed by atoms with Crippen LogP contribution < -0.4 is 5.32 Å². The summed E-state index contributed by atoms with van der Waals surface area (Å²) in [6.45, 7) is 1.84. The van der Waals surface area contributed by atoms with Crippen LogP contribution in [-0.2, 0) is 9.59 Å². The Kier molecular flexibility index (Phi) is 6.56. The van der Waals surface area contributed by atoms with Crippen LogP contribution in [0.5, 0.6) is 0 Å². The number of aryl methyl sites for hydroxylation is 1. The summed E-state index contributed by atoms with van der Waals surface area (Å²) in [7, 11) is 3.35. The highest BCUT2D eigenvalue weighted by Gasteiger charge is 2.12. The molecule has 0 atom stereocenters. The summed E-state index contributed by atoms with van der Waals surface area (Å²) in [4.78, 5) is 35.7. The highest BCUT2D eigenvalue weighted by Crippen LogP contribution is 2.17. The summed E-state index contributed by atoms with van der Waals surface area (Å²) in [6.07, 6.45) is 1.33. The van der Waals surface area contributed by atoms with Gasteiger partial charge in [0.2, 0.25) is 5.91 Å². The Morgan fingerprint density at radius 3 is 2.36 bits per heavy atom. The molecule has 6 nitrogen and oxygen atoms in total. The Labute approximate surface area is 130 Å². The molecule has 22 heavy (non-hydrogen) atoms. The number of carbonyl (C=O) groups is 3. The molecule has 0 heterocycles. The zero-order chi connectivity index (χ0) is 16.7. The molecule has 0 bridgehead atoms. The number of nitrogens with one attached hydrogen (secondary N) is 1. The number of nitrogens with zero attached hydrogens (tertiary/aromatic N) is 1. The van der Waals surface area contributed by atoms with Crippen LogP contribution in [0, 0.1) is 6.92 Å². The lowest BCUT2D eigenvalue weighted by Gasteiger charge is -2.14. The van der Waals surface area contributed by atoms with Crippen LogP contribution in [0.4, 0.5) is 5.69 Å². The number of carboxylic acids is 1. The average Bonchev–Trinajstić information content (AvgIpc) is 2.44. The molecule has 0 aliphatic carbocycles. The van der Waals surface area contributed by atoms with E-state index in [-0.39, 0.29) is 24.7 Å². The van der Waals surface area contributed by atoms with E-state index in [1.807, 2.05) is 6.92 Å². The average molecular weight is 306 g/mol. The fourth-order valence-electron chi connectivity index (χ4n) is 1.96. The van der Waals surface area contributed by atoms with E-state index in [0.29, 0.717) is 24.1 Å². The van der Waals surface area contributed by atoms with Crippen molar-refractivity contribution in [2.24, 2.45) is 0 Å². The van der Waals surface area contributed by atoms with Gasteiger partial charge in [0, 0.05) is 38.2 Å². The van der Waals surface area contributed by atoms with Crippen LogP contribution in [0.25, 0.3) is 0 Å². The van der Waals surface area contributed by atoms with Crippen molar-refractivity contribution in [1.29, 1.82) is 0 Å². The topological polar surface area (TPSA) is 86.7 Å². The predicted molar refractivity (Wildman–Crippen MR) is 83.9 cm³/mol. The quantitative estimate of drug-likeness (QED) is 0.757. The molecule has 0 saturated carbocycles. The summed E-state index contributed by atoms with van der Waals surface area (Å²) in [5, 5.41) is 11.3. The van der Waals surface area contributed by atoms with E-state index in [9.17, 15) is 14.4 Å². The number of anilines is 1. The summed E-state index contributed by atoms with van der Waals surface area (Å²) >= 11 is 0. The van der Waals surface area contributed by atoms with Crippen LogP contribution >= 0.6 is 0 Å². The second-order valence-corrected chi connectivity index (χ2v) is 5.38. The third-order valence-corrected chi connectivity index (χ3v) is 3.20. The van der Waals surface area contributed by atoms with E-state index >= 15 is 0 Å². The van der Waals surface area contributed by atoms with Gasteiger partial charge in [-0.1, -0.05) is 6.07 Å². The molecule has 1 aromatic carbocycles. The number of unbranched alkanes of at least 4 members (excludes halogenated alkanes) is 1. The molecule has 0 unspecified atom stereocenters. The number of carboxylic acid groups (broad SMARTS) is 1. The number of rotatable bonds is 7. The lowest BCUT2D eigenvalue weighted by molar-refractivity contribution is -0.137. The Hall–Kier alpha value is -2.37. The summed E-state index contributed by atoms with van der Waals surface area (Å²) in [5.41, 5.74) is 1.96. The molecular weight excluding hydrogens is 284 g/mol. The van der Waals surface area contributed by atoms with Crippen molar-refractivity contribution in [3.8, 4) is 0 Å². The largest absolute Gasteiger partial charge is 0.481 e. The van der Waals surface area contributed by atoms with E-state index < -0.39 is 5.97 Å². The van der Waals surface area contributed by atoms with Crippen LogP contribution in [0.15, 0.2) is 18.2 Å². The minimum atomic E-state index is -0.856. The highest BCUT2D eigenvalue weighted by molar-refractivity contribution is 5.98. The van der Waals surface area contributed by atoms with Crippen LogP contribution in [0.1, 0.15) is 41.6 Å². The summed E-state index contributed by atoms with van der Waals surface area (Å²) < 4.78 is 0. The molecule has 0 aliphatic heterocycles. The van der Waals surface area contributed by atoms with E-state index in [1.54, 1.807) is 32.3 Å². The molecule has 6 heteroatoms. The van der Waals surface area contributed by atoms with E-state index in [0.717, 1.165) is 5.56 Å². The first kappa shape index (κ1) is 17.7. The predicted octanol–water partition coefficient (Wildman–Crippen LogP) is 2.28. The van der Waals surface area contributed by atoms with Gasteiger partial charge in [0.25, 0.3) is 5.91 Å². The van der Waals surface area contributed by atoms with Crippen LogP contribution in [-0.4, -0.2) is 41.9 Å². The molecule has 120 valence electrons. The number of amides is 2. The molecule has 0 saturated heterocycles. The second-order valence-electron chi connectivity index (χ2n) is 5.38. The first-order valence-electron chi connectivity index (χ1n) is 7.15. The first-order chi connectivity index (χ1) is 10.3. The number of carbonyl (C=O) groups excluding carboxylic acids is 2. The van der Waals surface area contributed by atoms with Crippen molar-refractivity contribution in [3.63, 3.8) is 0 Å². The van der Waals surface area contributed by atoms with Crippen molar-refractivity contribution < 1.29 is 19.5 Å². The normalized spacial score (nSPS) is 10.1.